The number of hydrogen-bond donors (Lipinski definition) is 7. The molecule has 2 aliphatic heterocycles. The van der Waals surface area contributed by atoms with Crippen LogP contribution in [0.5, 0.6) is 0 Å². The van der Waals surface area contributed by atoms with E-state index in [1.165, 1.54) is 24.0 Å². The van der Waals surface area contributed by atoms with Gasteiger partial charge in [0.05, 0.1) is 25.6 Å². The number of aromatic nitrogens is 6. The zero-order chi connectivity index (χ0) is 31.3. The van der Waals surface area contributed by atoms with E-state index in [0.29, 0.717) is 0 Å². The van der Waals surface area contributed by atoms with Gasteiger partial charge in [0, 0.05) is 18.2 Å². The quantitative estimate of drug-likeness (QED) is 0.114. The highest BCUT2D eigenvalue weighted by atomic mass is 31.3. The van der Waals surface area contributed by atoms with Crippen LogP contribution in [-0.2, 0) is 32.0 Å². The maximum Gasteiger partial charge on any atom is 0.484 e. The van der Waals surface area contributed by atoms with Gasteiger partial charge in [-0.2, -0.15) is 4.31 Å². The summed E-state index contributed by atoms with van der Waals surface area (Å²) in [4.78, 5) is 56.7. The van der Waals surface area contributed by atoms with E-state index in [9.17, 15) is 43.8 Å². The third-order valence-corrected chi connectivity index (χ3v) is 9.28. The Labute approximate surface area is 239 Å². The molecule has 3 aromatic rings. The molecule has 5 heterocycles. The molecule has 8 atom stereocenters. The van der Waals surface area contributed by atoms with Crippen molar-refractivity contribution in [3.05, 3.63) is 45.3 Å². The highest BCUT2D eigenvalue weighted by Gasteiger charge is 2.51. The predicted molar refractivity (Wildman–Crippen MR) is 139 cm³/mol. The summed E-state index contributed by atoms with van der Waals surface area (Å²) in [5, 5.41) is 31.4. The fourth-order valence-corrected chi connectivity index (χ4v) is 6.97. The normalized spacial score (nSPS) is 29.3. The van der Waals surface area contributed by atoms with Gasteiger partial charge in [0.1, 0.15) is 42.5 Å². The first-order valence-corrected chi connectivity index (χ1v) is 15.4. The Morgan fingerprint density at radius 3 is 2.58 bits per heavy atom. The second kappa shape index (κ2) is 11.9. The average molecular weight is 651 g/mol. The molecule has 0 saturated carbocycles. The van der Waals surface area contributed by atoms with Crippen molar-refractivity contribution >= 4 is 32.6 Å². The molecule has 0 aliphatic carbocycles. The topological polar surface area (TPSA) is 306 Å². The summed E-state index contributed by atoms with van der Waals surface area (Å²) in [5.41, 5.74) is 4.81. The van der Waals surface area contributed by atoms with Gasteiger partial charge in [0.2, 0.25) is 0 Å². The third-order valence-electron chi connectivity index (χ3n) is 6.66. The predicted octanol–water partition coefficient (Wildman–Crippen LogP) is -2.21. The van der Waals surface area contributed by atoms with E-state index in [0.717, 1.165) is 10.9 Å². The highest BCUT2D eigenvalue weighted by molar-refractivity contribution is 7.61. The smallest absolute Gasteiger partial charge is 0.394 e. The van der Waals surface area contributed by atoms with Crippen LogP contribution in [0.15, 0.2) is 28.4 Å². The van der Waals surface area contributed by atoms with Crippen LogP contribution >= 0.6 is 15.6 Å². The number of nitrogen functional groups attached to an aromatic ring is 1. The first-order valence-electron chi connectivity index (χ1n) is 12.4. The van der Waals surface area contributed by atoms with Crippen molar-refractivity contribution < 1.29 is 57.1 Å². The molecule has 2 saturated heterocycles. The Balaban J connectivity index is 1.34. The summed E-state index contributed by atoms with van der Waals surface area (Å²) in [6.07, 6.45) is -6.72. The molecule has 0 bridgehead atoms. The van der Waals surface area contributed by atoms with Gasteiger partial charge >= 0.3 is 21.3 Å². The number of nitrogens with zero attached hydrogens (tertiary/aromatic N) is 5. The van der Waals surface area contributed by atoms with Crippen molar-refractivity contribution in [2.75, 3.05) is 18.9 Å². The molecule has 43 heavy (non-hydrogen) atoms. The second-order valence-electron chi connectivity index (χ2n) is 9.62. The summed E-state index contributed by atoms with van der Waals surface area (Å²) < 4.78 is 53.4. The number of nitrogens with two attached hydrogens (primary N) is 1. The zero-order valence-electron chi connectivity index (χ0n) is 22.0. The molecule has 2 aliphatic rings. The number of ether oxygens (including phenoxy) is 2. The summed E-state index contributed by atoms with van der Waals surface area (Å²) in [5.74, 6) is 0.0230. The Bertz CT molecular complexity index is 1710. The molecule has 8 N–H and O–H groups in total. The van der Waals surface area contributed by atoms with Gasteiger partial charge in [0.15, 0.2) is 17.7 Å². The summed E-state index contributed by atoms with van der Waals surface area (Å²) in [6.45, 7) is -0.222. The Hall–Kier alpha value is -2.91. The van der Waals surface area contributed by atoms with Crippen LogP contribution in [0.2, 0.25) is 0 Å². The Kier molecular flexibility index (Phi) is 8.71. The third kappa shape index (κ3) is 6.48. The minimum atomic E-state index is -5.57. The lowest BCUT2D eigenvalue weighted by Gasteiger charge is -2.26. The molecule has 2 fully saturated rings. The molecule has 0 radical (unpaired) electrons. The number of aryl methyl sites for hydroxylation is 1. The van der Waals surface area contributed by atoms with Gasteiger partial charge in [0.25, 0.3) is 5.56 Å². The summed E-state index contributed by atoms with van der Waals surface area (Å²) >= 11 is 0. The van der Waals surface area contributed by atoms with Crippen LogP contribution in [0.1, 0.15) is 24.4 Å². The number of fused-ring (bicyclic) bond motifs is 1. The largest absolute Gasteiger partial charge is 0.484 e. The second-order valence-corrected chi connectivity index (χ2v) is 12.6. The van der Waals surface area contributed by atoms with Crippen molar-refractivity contribution in [2.45, 2.75) is 56.3 Å². The van der Waals surface area contributed by atoms with Gasteiger partial charge in [-0.25, -0.2) is 28.9 Å². The number of imidazole rings is 1. The Morgan fingerprint density at radius 1 is 1.14 bits per heavy atom. The highest BCUT2D eigenvalue weighted by Crippen LogP contribution is 2.63. The maximum absolute atomic E-state index is 13.5. The zero-order valence-corrected chi connectivity index (χ0v) is 23.8. The van der Waals surface area contributed by atoms with Crippen molar-refractivity contribution in [1.29, 1.82) is 0 Å². The van der Waals surface area contributed by atoms with Gasteiger partial charge in [-0.05, 0) is 6.92 Å². The minimum Gasteiger partial charge on any atom is -0.394 e. The van der Waals surface area contributed by atoms with Crippen molar-refractivity contribution in [1.82, 2.24) is 29.1 Å². The van der Waals surface area contributed by atoms with E-state index in [-0.39, 0.29) is 29.0 Å². The fraction of sp³-hybridized carbons (Fsp3) is 0.550. The molecule has 1 unspecified atom stereocenters. The van der Waals surface area contributed by atoms with Crippen LogP contribution in [-0.4, -0.2) is 97.9 Å². The molecule has 21 nitrogen and oxygen atoms in total. The van der Waals surface area contributed by atoms with Gasteiger partial charge in [-0.15, -0.1) is 0 Å². The molecule has 0 spiro atoms. The van der Waals surface area contributed by atoms with Gasteiger partial charge < -0.3 is 40.3 Å². The number of phosphoric ester groups is 1. The van der Waals surface area contributed by atoms with E-state index in [2.05, 4.69) is 24.2 Å². The number of hydrogen-bond acceptors (Lipinski definition) is 16. The monoisotopic (exact) mass is 651 g/mol. The minimum absolute atomic E-state index is 0.0230. The van der Waals surface area contributed by atoms with Crippen LogP contribution in [0.4, 0.5) is 5.82 Å². The van der Waals surface area contributed by atoms with Crippen LogP contribution in [0.25, 0.3) is 11.2 Å². The molecule has 3 aromatic heterocycles. The van der Waals surface area contributed by atoms with Crippen molar-refractivity contribution in [3.8, 4) is 0 Å². The molecular weight excluding hydrogens is 624 g/mol. The first kappa shape index (κ1) is 31.5. The number of rotatable bonds is 10. The molecule has 236 valence electrons. The van der Waals surface area contributed by atoms with E-state index in [1.54, 1.807) is 0 Å². The number of aliphatic hydroxyl groups excluding tert-OH is 3. The number of phosphoric acid groups is 2. The summed E-state index contributed by atoms with van der Waals surface area (Å²) in [6, 6.07) is 0. The molecule has 0 amide bonds. The molecular formula is C20H27N7O14P2. The van der Waals surface area contributed by atoms with Crippen molar-refractivity contribution in [2.24, 2.45) is 0 Å². The first-order chi connectivity index (χ1) is 20.2. The van der Waals surface area contributed by atoms with Crippen molar-refractivity contribution in [3.63, 3.8) is 0 Å². The summed E-state index contributed by atoms with van der Waals surface area (Å²) in [7, 11) is -10.9. The number of nitrogens with one attached hydrogen (secondary N) is 1. The lowest BCUT2D eigenvalue weighted by Crippen LogP contribution is -2.36. The van der Waals surface area contributed by atoms with Crippen LogP contribution < -0.4 is 17.0 Å². The van der Waals surface area contributed by atoms with Crippen LogP contribution in [0.3, 0.4) is 0 Å². The van der Waals surface area contributed by atoms with Gasteiger partial charge in [-0.1, -0.05) is 0 Å². The lowest BCUT2D eigenvalue weighted by atomic mass is 10.1. The SMILES string of the molecule is Cc1cn([C@H]2C[C@H](O)[C@@H](COP(=O)(O[C@H]3[C@@H](O)[C@H](n4cnc5c(N)ncnc54)O[C@@H]3CO)OP(=O)(O)O)O2)c(=O)[nH]c1=O. The van der Waals surface area contributed by atoms with E-state index < -0.39 is 83.1 Å². The Morgan fingerprint density at radius 2 is 1.88 bits per heavy atom. The molecule has 0 aromatic carbocycles. The average Bonchev–Trinajstić information content (AvgIpc) is 3.60. The van der Waals surface area contributed by atoms with E-state index in [4.69, 9.17) is 24.3 Å². The number of H-pyrrole nitrogens is 1. The number of anilines is 1. The molecule has 5 rings (SSSR count). The fourth-order valence-electron chi connectivity index (χ4n) is 4.64. The van der Waals surface area contributed by atoms with E-state index >= 15 is 0 Å². The maximum atomic E-state index is 13.5. The molecule has 23 heteroatoms. The number of aromatic amines is 1. The standard InChI is InChI=1S/C20H27N7O14P2/c1-8-3-26(20(32)25-18(8)31)12-2-9(29)11(38-12)5-37-43(36,41-42(33,34)35)40-15-10(4-28)39-19(14(15)30)27-7-24-13-16(21)22-6-23-17(13)27/h3,6-7,9-12,14-15,19,28-30H,2,4-5H2,1H3,(H2,21,22,23)(H,25,31,32)(H2,33,34,35)/t9-,10+,11+,12+,14+,15+,19+,43?/m0/s1. The lowest BCUT2D eigenvalue weighted by molar-refractivity contribution is -0.0566. The van der Waals surface area contributed by atoms with Crippen LogP contribution in [0, 0.1) is 6.92 Å². The number of aliphatic hydroxyl groups is 3. The van der Waals surface area contributed by atoms with Gasteiger partial charge in [-0.3, -0.25) is 28.0 Å². The van der Waals surface area contributed by atoms with E-state index in [1.807, 2.05) is 0 Å².